The lowest BCUT2D eigenvalue weighted by Gasteiger charge is -2.07. The van der Waals surface area contributed by atoms with Crippen LogP contribution < -0.4 is 5.32 Å². The highest BCUT2D eigenvalue weighted by atomic mass is 35.5. The van der Waals surface area contributed by atoms with Gasteiger partial charge in [-0.1, -0.05) is 53.2 Å². The van der Waals surface area contributed by atoms with Crippen LogP contribution in [0, 0.1) is 0 Å². The number of amides is 1. The van der Waals surface area contributed by atoms with E-state index in [1.165, 1.54) is 11.8 Å². The number of para-hydroxylation sites is 1. The van der Waals surface area contributed by atoms with Gasteiger partial charge >= 0.3 is 0 Å². The lowest BCUT2D eigenvalue weighted by molar-refractivity contribution is -0.113. The minimum Gasteiger partial charge on any atom is -0.327 e. The maximum atomic E-state index is 12.5. The number of hydrogen-bond acceptors (Lipinski definition) is 6. The van der Waals surface area contributed by atoms with E-state index in [-0.39, 0.29) is 11.7 Å². The highest BCUT2D eigenvalue weighted by Crippen LogP contribution is 2.31. The summed E-state index contributed by atoms with van der Waals surface area (Å²) in [5, 5.41) is 16.1. The zero-order chi connectivity index (χ0) is 23.7. The molecule has 2 aromatic heterocycles. The molecule has 0 aliphatic heterocycles. The van der Waals surface area contributed by atoms with E-state index < -0.39 is 0 Å². The monoisotopic (exact) mass is 509 g/mol. The van der Waals surface area contributed by atoms with Gasteiger partial charge in [0.25, 0.3) is 0 Å². The first kappa shape index (κ1) is 22.4. The summed E-state index contributed by atoms with van der Waals surface area (Å²) in [4.78, 5) is 17.2. The molecule has 11 heteroatoms. The normalized spacial score (nSPS) is 11.1. The van der Waals surface area contributed by atoms with Crippen molar-refractivity contribution in [3.63, 3.8) is 0 Å². The van der Waals surface area contributed by atoms with Gasteiger partial charge in [-0.3, -0.25) is 4.79 Å². The van der Waals surface area contributed by atoms with E-state index in [0.29, 0.717) is 20.9 Å². The van der Waals surface area contributed by atoms with Crippen LogP contribution >= 0.6 is 35.0 Å². The first-order valence-electron chi connectivity index (χ1n) is 10.2. The van der Waals surface area contributed by atoms with Gasteiger partial charge in [-0.15, -0.1) is 5.10 Å². The predicted octanol–water partition coefficient (Wildman–Crippen LogP) is 5.25. The molecule has 1 N–H and O–H groups in total. The molecule has 0 aliphatic carbocycles. The van der Waals surface area contributed by atoms with Crippen molar-refractivity contribution in [1.29, 1.82) is 0 Å². The number of imidazole rings is 1. The fraction of sp³-hybridized carbons (Fsp3) is 0.0870. The van der Waals surface area contributed by atoms with Gasteiger partial charge in [-0.05, 0) is 59.0 Å². The van der Waals surface area contributed by atoms with Crippen molar-refractivity contribution in [3.05, 3.63) is 76.8 Å². The summed E-state index contributed by atoms with van der Waals surface area (Å²) in [5.41, 5.74) is 4.07. The number of aryl methyl sites for hydroxylation is 1. The number of carbonyl (C=O) groups is 1. The van der Waals surface area contributed by atoms with Crippen LogP contribution in [0.3, 0.4) is 0 Å². The van der Waals surface area contributed by atoms with Gasteiger partial charge in [-0.25, -0.2) is 4.98 Å². The van der Waals surface area contributed by atoms with Crippen molar-refractivity contribution in [3.8, 4) is 17.1 Å². The summed E-state index contributed by atoms with van der Waals surface area (Å²) in [6, 6.07) is 20.6. The molecule has 3 aromatic carbocycles. The average Bonchev–Trinajstić information content (AvgIpc) is 3.44. The van der Waals surface area contributed by atoms with E-state index in [0.717, 1.165) is 28.1 Å². The second-order valence-electron chi connectivity index (χ2n) is 7.37. The van der Waals surface area contributed by atoms with Crippen molar-refractivity contribution >= 4 is 57.6 Å². The highest BCUT2D eigenvalue weighted by Gasteiger charge is 2.14. The molecule has 5 aromatic rings. The molecule has 170 valence electrons. The number of nitrogens with one attached hydrogen (secondary N) is 1. The third-order valence-electron chi connectivity index (χ3n) is 5.12. The van der Waals surface area contributed by atoms with Gasteiger partial charge in [-0.2, -0.15) is 4.68 Å². The van der Waals surface area contributed by atoms with E-state index in [1.54, 1.807) is 16.8 Å². The standard InChI is InChI=1S/C23H17Cl2N7OS/c1-31-20-12-18(25)17(24)11-19(20)27-22(31)14-7-9-15(10-8-14)26-21(33)13-34-23-28-29-30-32(23)16-5-3-2-4-6-16/h2-12H,13H2,1H3,(H,26,33). The molecule has 34 heavy (non-hydrogen) atoms. The number of halogens is 2. The second-order valence-corrected chi connectivity index (χ2v) is 9.13. The van der Waals surface area contributed by atoms with Crippen molar-refractivity contribution in [1.82, 2.24) is 29.8 Å². The van der Waals surface area contributed by atoms with E-state index in [2.05, 4.69) is 25.8 Å². The Bertz CT molecular complexity index is 1480. The van der Waals surface area contributed by atoms with Crippen LogP contribution in [-0.2, 0) is 11.8 Å². The molecular formula is C23H17Cl2N7OS. The Morgan fingerprint density at radius 3 is 2.53 bits per heavy atom. The molecule has 0 atom stereocenters. The molecule has 0 unspecified atom stereocenters. The highest BCUT2D eigenvalue weighted by molar-refractivity contribution is 7.99. The maximum Gasteiger partial charge on any atom is 0.234 e. The van der Waals surface area contributed by atoms with Gasteiger partial charge in [0.15, 0.2) is 0 Å². The summed E-state index contributed by atoms with van der Waals surface area (Å²) in [6.07, 6.45) is 0. The number of benzene rings is 3. The Kier molecular flexibility index (Phi) is 6.23. The van der Waals surface area contributed by atoms with Gasteiger partial charge in [0, 0.05) is 18.3 Å². The Morgan fingerprint density at radius 2 is 1.76 bits per heavy atom. The summed E-state index contributed by atoms with van der Waals surface area (Å²) >= 11 is 13.5. The number of hydrogen-bond donors (Lipinski definition) is 1. The topological polar surface area (TPSA) is 90.5 Å². The predicted molar refractivity (Wildman–Crippen MR) is 135 cm³/mol. The first-order chi connectivity index (χ1) is 16.5. The van der Waals surface area contributed by atoms with Gasteiger partial charge in [0.05, 0.1) is 32.5 Å². The molecule has 8 nitrogen and oxygen atoms in total. The number of nitrogens with zero attached hydrogens (tertiary/aromatic N) is 6. The molecule has 5 rings (SSSR count). The smallest absolute Gasteiger partial charge is 0.234 e. The molecule has 0 fully saturated rings. The van der Waals surface area contributed by atoms with Crippen molar-refractivity contribution in [2.45, 2.75) is 5.16 Å². The number of anilines is 1. The molecule has 0 radical (unpaired) electrons. The van der Waals surface area contributed by atoms with Crippen LogP contribution in [0.2, 0.25) is 10.0 Å². The van der Waals surface area contributed by atoms with E-state index in [9.17, 15) is 4.79 Å². The minimum atomic E-state index is -0.160. The lowest BCUT2D eigenvalue weighted by atomic mass is 10.2. The number of rotatable bonds is 6. The average molecular weight is 510 g/mol. The number of thioether (sulfide) groups is 1. The Labute approximate surface area is 208 Å². The Morgan fingerprint density at radius 1 is 1.03 bits per heavy atom. The maximum absolute atomic E-state index is 12.5. The van der Waals surface area contributed by atoms with E-state index >= 15 is 0 Å². The summed E-state index contributed by atoms with van der Waals surface area (Å²) in [6.45, 7) is 0. The molecule has 0 aliphatic rings. The third kappa shape index (κ3) is 4.50. The van der Waals surface area contributed by atoms with E-state index in [4.69, 9.17) is 23.2 Å². The van der Waals surface area contributed by atoms with Gasteiger partial charge in [0.1, 0.15) is 5.82 Å². The molecule has 0 saturated heterocycles. The second kappa shape index (κ2) is 9.46. The van der Waals surface area contributed by atoms with Crippen LogP contribution in [0.5, 0.6) is 0 Å². The zero-order valence-electron chi connectivity index (χ0n) is 17.8. The van der Waals surface area contributed by atoms with Crippen LogP contribution in [0.1, 0.15) is 0 Å². The number of fused-ring (bicyclic) bond motifs is 1. The molecule has 1 amide bonds. The lowest BCUT2D eigenvalue weighted by Crippen LogP contribution is -2.14. The van der Waals surface area contributed by atoms with E-state index in [1.807, 2.05) is 66.2 Å². The van der Waals surface area contributed by atoms with Gasteiger partial charge in [0.2, 0.25) is 11.1 Å². The quantitative estimate of drug-likeness (QED) is 0.314. The van der Waals surface area contributed by atoms with Crippen LogP contribution in [0.15, 0.2) is 71.9 Å². The van der Waals surface area contributed by atoms with Crippen molar-refractivity contribution < 1.29 is 4.79 Å². The van der Waals surface area contributed by atoms with Crippen LogP contribution in [0.4, 0.5) is 5.69 Å². The van der Waals surface area contributed by atoms with Crippen LogP contribution in [-0.4, -0.2) is 41.4 Å². The Balaban J connectivity index is 1.26. The minimum absolute atomic E-state index is 0.160. The molecular weight excluding hydrogens is 493 g/mol. The van der Waals surface area contributed by atoms with Gasteiger partial charge < -0.3 is 9.88 Å². The third-order valence-corrected chi connectivity index (χ3v) is 6.77. The molecule has 0 bridgehead atoms. The molecule has 0 saturated carbocycles. The zero-order valence-corrected chi connectivity index (χ0v) is 20.1. The first-order valence-corrected chi connectivity index (χ1v) is 11.9. The number of aromatic nitrogens is 6. The largest absolute Gasteiger partial charge is 0.327 e. The number of tetrazole rings is 1. The molecule has 2 heterocycles. The summed E-state index contributed by atoms with van der Waals surface area (Å²) in [7, 11) is 1.92. The molecule has 0 spiro atoms. The fourth-order valence-electron chi connectivity index (χ4n) is 3.48. The summed E-state index contributed by atoms with van der Waals surface area (Å²) in [5.74, 6) is 0.781. The summed E-state index contributed by atoms with van der Waals surface area (Å²) < 4.78 is 3.56. The number of carbonyl (C=O) groups excluding carboxylic acids is 1. The fourth-order valence-corrected chi connectivity index (χ4v) is 4.48. The van der Waals surface area contributed by atoms with Crippen molar-refractivity contribution in [2.24, 2.45) is 7.05 Å². The van der Waals surface area contributed by atoms with Crippen LogP contribution in [0.25, 0.3) is 28.1 Å². The van der Waals surface area contributed by atoms with Crippen molar-refractivity contribution in [2.75, 3.05) is 11.1 Å². The SMILES string of the molecule is Cn1c(-c2ccc(NC(=O)CSc3nnnn3-c3ccccc3)cc2)nc2cc(Cl)c(Cl)cc21. The Hall–Kier alpha value is -3.40.